The molecular weight excluding hydrogens is 352 g/mol. The van der Waals surface area contributed by atoms with Crippen LogP contribution in [0.4, 0.5) is 0 Å². The highest BCUT2D eigenvalue weighted by Crippen LogP contribution is 2.41. The Hall–Kier alpha value is -1.41. The Bertz CT molecular complexity index is 698. The predicted molar refractivity (Wildman–Crippen MR) is 97.8 cm³/mol. The number of methoxy groups -OCH3 is 1. The zero-order valence-corrected chi connectivity index (χ0v) is 15.2. The van der Waals surface area contributed by atoms with Crippen LogP contribution >= 0.6 is 11.8 Å². The van der Waals surface area contributed by atoms with Crippen LogP contribution in [-0.4, -0.2) is 48.7 Å². The van der Waals surface area contributed by atoms with Gasteiger partial charge in [-0.15, -0.1) is 11.8 Å². The number of aliphatic hydroxyl groups is 1. The van der Waals surface area contributed by atoms with Crippen molar-refractivity contribution in [2.75, 3.05) is 13.7 Å². The van der Waals surface area contributed by atoms with E-state index in [9.17, 15) is 5.11 Å². The van der Waals surface area contributed by atoms with Gasteiger partial charge in [-0.2, -0.15) is 0 Å². The fourth-order valence-electron chi connectivity index (χ4n) is 3.33. The van der Waals surface area contributed by atoms with Gasteiger partial charge in [0.2, 0.25) is 0 Å². The largest absolute Gasteiger partial charge is 0.387 e. The summed E-state index contributed by atoms with van der Waals surface area (Å²) < 4.78 is 23.3. The minimum absolute atomic E-state index is 0.226. The molecule has 26 heavy (non-hydrogen) atoms. The van der Waals surface area contributed by atoms with Gasteiger partial charge in [-0.25, -0.2) is 0 Å². The Morgan fingerprint density at radius 1 is 1.00 bits per heavy atom. The first-order valence-electron chi connectivity index (χ1n) is 8.66. The molecule has 0 spiro atoms. The molecule has 2 fully saturated rings. The molecule has 5 nitrogen and oxygen atoms in total. The summed E-state index contributed by atoms with van der Waals surface area (Å²) in [6, 6.07) is 19.8. The third-order valence-corrected chi connectivity index (χ3v) is 5.99. The number of aliphatic hydroxyl groups excluding tert-OH is 1. The molecule has 2 saturated heterocycles. The van der Waals surface area contributed by atoms with Crippen LogP contribution in [0, 0.1) is 0 Å². The van der Waals surface area contributed by atoms with Gasteiger partial charge in [0.1, 0.15) is 18.3 Å². The smallest absolute Gasteiger partial charge is 0.184 e. The quantitative estimate of drug-likeness (QED) is 0.888. The first-order valence-corrected chi connectivity index (χ1v) is 9.54. The zero-order chi connectivity index (χ0) is 17.9. The Labute approximate surface area is 157 Å². The lowest BCUT2D eigenvalue weighted by Gasteiger charge is -2.47. The molecule has 0 aromatic heterocycles. The van der Waals surface area contributed by atoms with Crippen molar-refractivity contribution in [3.8, 4) is 0 Å². The second kappa shape index (κ2) is 8.08. The molecule has 0 amide bonds. The molecule has 138 valence electrons. The molecule has 0 aliphatic carbocycles. The molecule has 1 N–H and O–H groups in total. The number of thioether (sulfide) groups is 1. The van der Waals surface area contributed by atoms with Crippen molar-refractivity contribution in [1.82, 2.24) is 0 Å². The van der Waals surface area contributed by atoms with Crippen LogP contribution in [0.1, 0.15) is 11.9 Å². The van der Waals surface area contributed by atoms with E-state index in [4.69, 9.17) is 18.9 Å². The van der Waals surface area contributed by atoms with E-state index in [1.807, 2.05) is 60.7 Å². The highest BCUT2D eigenvalue weighted by atomic mass is 32.2. The third kappa shape index (κ3) is 3.67. The number of rotatable bonds is 4. The lowest BCUT2D eigenvalue weighted by Crippen LogP contribution is -2.60. The molecule has 2 aliphatic heterocycles. The average molecular weight is 374 g/mol. The summed E-state index contributed by atoms with van der Waals surface area (Å²) in [4.78, 5) is 1.07. The highest BCUT2D eigenvalue weighted by Gasteiger charge is 2.50. The van der Waals surface area contributed by atoms with E-state index < -0.39 is 18.7 Å². The Morgan fingerprint density at radius 2 is 1.69 bits per heavy atom. The molecule has 2 aromatic carbocycles. The molecule has 0 unspecified atom stereocenters. The first kappa shape index (κ1) is 18.0. The van der Waals surface area contributed by atoms with Gasteiger partial charge in [-0.1, -0.05) is 48.5 Å². The van der Waals surface area contributed by atoms with Gasteiger partial charge in [0.05, 0.1) is 11.9 Å². The van der Waals surface area contributed by atoms with E-state index in [0.717, 1.165) is 10.5 Å². The first-order chi connectivity index (χ1) is 12.8. The number of hydrogen-bond acceptors (Lipinski definition) is 6. The number of ether oxygens (including phenoxy) is 4. The maximum absolute atomic E-state index is 10.8. The normalized spacial score (nSPS) is 34.2. The second-order valence-corrected chi connectivity index (χ2v) is 7.59. The third-order valence-electron chi connectivity index (χ3n) is 4.63. The van der Waals surface area contributed by atoms with E-state index in [2.05, 4.69) is 0 Å². The molecule has 4 rings (SSSR count). The van der Waals surface area contributed by atoms with E-state index >= 15 is 0 Å². The average Bonchev–Trinajstić information content (AvgIpc) is 2.71. The summed E-state index contributed by atoms with van der Waals surface area (Å²) in [5, 5.41) is 10.6. The Balaban J connectivity index is 1.58. The van der Waals surface area contributed by atoms with Gasteiger partial charge in [-0.05, 0) is 12.1 Å². The lowest BCUT2D eigenvalue weighted by atomic mass is 10.0. The summed E-state index contributed by atoms with van der Waals surface area (Å²) in [6.07, 6.45) is -2.56. The van der Waals surface area contributed by atoms with Gasteiger partial charge < -0.3 is 24.1 Å². The minimum Gasteiger partial charge on any atom is -0.387 e. The fourth-order valence-corrected chi connectivity index (χ4v) is 4.60. The van der Waals surface area contributed by atoms with Crippen LogP contribution < -0.4 is 0 Å². The predicted octanol–water partition coefficient (Wildman–Crippen LogP) is 2.99. The second-order valence-electron chi connectivity index (χ2n) is 6.34. The fraction of sp³-hybridized carbons (Fsp3) is 0.400. The van der Waals surface area contributed by atoms with Crippen molar-refractivity contribution in [1.29, 1.82) is 0 Å². The van der Waals surface area contributed by atoms with Gasteiger partial charge in [0.15, 0.2) is 12.6 Å². The molecule has 2 aromatic rings. The van der Waals surface area contributed by atoms with Crippen LogP contribution in [0.15, 0.2) is 65.6 Å². The zero-order valence-electron chi connectivity index (χ0n) is 14.4. The maximum atomic E-state index is 10.8. The summed E-state index contributed by atoms with van der Waals surface area (Å²) in [5.41, 5.74) is 0.956. The van der Waals surface area contributed by atoms with Crippen LogP contribution in [0.3, 0.4) is 0 Å². The summed E-state index contributed by atoms with van der Waals surface area (Å²) >= 11 is 1.58. The van der Waals surface area contributed by atoms with E-state index in [1.54, 1.807) is 11.8 Å². The monoisotopic (exact) mass is 374 g/mol. The molecule has 0 saturated carbocycles. The summed E-state index contributed by atoms with van der Waals surface area (Å²) in [7, 11) is 1.54. The molecule has 0 bridgehead atoms. The Morgan fingerprint density at radius 3 is 2.38 bits per heavy atom. The van der Waals surface area contributed by atoms with Crippen molar-refractivity contribution in [3.05, 3.63) is 66.2 Å². The molecule has 2 aliphatic rings. The van der Waals surface area contributed by atoms with Crippen LogP contribution in [0.2, 0.25) is 0 Å². The molecule has 2 heterocycles. The summed E-state index contributed by atoms with van der Waals surface area (Å²) in [6.45, 7) is 0.392. The molecule has 0 radical (unpaired) electrons. The summed E-state index contributed by atoms with van der Waals surface area (Å²) in [5.74, 6) is 0. The van der Waals surface area contributed by atoms with Crippen molar-refractivity contribution < 1.29 is 24.1 Å². The van der Waals surface area contributed by atoms with Gasteiger partial charge in [0.25, 0.3) is 0 Å². The molecular formula is C20H22O5S. The van der Waals surface area contributed by atoms with Gasteiger partial charge >= 0.3 is 0 Å². The van der Waals surface area contributed by atoms with Crippen molar-refractivity contribution in [2.24, 2.45) is 0 Å². The van der Waals surface area contributed by atoms with Crippen LogP contribution in [0.5, 0.6) is 0 Å². The number of benzene rings is 2. The lowest BCUT2D eigenvalue weighted by molar-refractivity contribution is -0.330. The van der Waals surface area contributed by atoms with Crippen LogP contribution in [-0.2, 0) is 18.9 Å². The number of fused-ring (bicyclic) bond motifs is 1. The molecule has 6 heteroatoms. The van der Waals surface area contributed by atoms with Crippen LogP contribution in [0.25, 0.3) is 0 Å². The van der Waals surface area contributed by atoms with Gasteiger partial charge in [-0.3, -0.25) is 0 Å². The van der Waals surface area contributed by atoms with Gasteiger partial charge in [0, 0.05) is 17.6 Å². The van der Waals surface area contributed by atoms with Crippen molar-refractivity contribution >= 4 is 11.8 Å². The minimum atomic E-state index is -0.805. The van der Waals surface area contributed by atoms with E-state index in [1.165, 1.54) is 7.11 Å². The van der Waals surface area contributed by atoms with E-state index in [0.29, 0.717) is 6.61 Å². The highest BCUT2D eigenvalue weighted by molar-refractivity contribution is 8.00. The Kier molecular flexibility index (Phi) is 5.59. The van der Waals surface area contributed by atoms with Crippen molar-refractivity contribution in [2.45, 2.75) is 41.0 Å². The van der Waals surface area contributed by atoms with E-state index in [-0.39, 0.29) is 17.5 Å². The number of hydrogen-bond donors (Lipinski definition) is 1. The molecule has 6 atom stereocenters. The SMILES string of the molecule is CO[C@@H]1O[C@@H]2CO[C@@H](c3ccccc3)O[C@H]2[C@@H](Sc2ccccc2)[C@@H]1O. The standard InChI is InChI=1S/C20H22O5S/c1-22-20-16(21)18(26-14-10-6-3-7-11-14)17-15(24-20)12-23-19(25-17)13-8-4-2-5-9-13/h2-11,15-21H,12H2,1H3/t15-,16+,17-,18+,19-,20-/m1/s1. The topological polar surface area (TPSA) is 57.2 Å². The maximum Gasteiger partial charge on any atom is 0.184 e. The van der Waals surface area contributed by atoms with Crippen molar-refractivity contribution in [3.63, 3.8) is 0 Å².